The molecule has 1 aromatic rings. The number of hydrogen-bond donors (Lipinski definition) is 2. The highest BCUT2D eigenvalue weighted by atomic mass is 19.1. The third-order valence-electron chi connectivity index (χ3n) is 3.51. The molecule has 0 saturated heterocycles. The van der Waals surface area contributed by atoms with E-state index in [1.807, 2.05) is 27.7 Å². The lowest BCUT2D eigenvalue weighted by Crippen LogP contribution is -2.40. The minimum atomic E-state index is -0.705. The molecule has 19 heavy (non-hydrogen) atoms. The number of nitrogens with one attached hydrogen (secondary N) is 1. The van der Waals surface area contributed by atoms with Crippen LogP contribution < -0.4 is 10.6 Å². The van der Waals surface area contributed by atoms with Gasteiger partial charge in [-0.1, -0.05) is 20.8 Å². The predicted octanol–water partition coefficient (Wildman–Crippen LogP) is 3.12. The van der Waals surface area contributed by atoms with Crippen LogP contribution in [0.1, 0.15) is 33.3 Å². The molecule has 1 aromatic carbocycles. The van der Waals surface area contributed by atoms with E-state index in [1.165, 1.54) is 0 Å². The molecule has 0 aliphatic rings. The van der Waals surface area contributed by atoms with Crippen molar-refractivity contribution in [3.8, 4) is 0 Å². The van der Waals surface area contributed by atoms with Gasteiger partial charge in [0.1, 0.15) is 23.2 Å². The fourth-order valence-electron chi connectivity index (χ4n) is 1.83. The molecule has 3 N–H and O–H groups in total. The summed E-state index contributed by atoms with van der Waals surface area (Å²) >= 11 is 0. The normalized spacial score (nSPS) is 13.2. The van der Waals surface area contributed by atoms with Crippen molar-refractivity contribution in [3.05, 3.63) is 29.3 Å². The average Bonchev–Trinajstić information content (AvgIpc) is 2.25. The van der Waals surface area contributed by atoms with Crippen LogP contribution in [0.3, 0.4) is 0 Å². The van der Waals surface area contributed by atoms with Gasteiger partial charge in [0, 0.05) is 18.7 Å². The van der Waals surface area contributed by atoms with E-state index < -0.39 is 11.6 Å². The van der Waals surface area contributed by atoms with Gasteiger partial charge in [-0.15, -0.1) is 0 Å². The van der Waals surface area contributed by atoms with E-state index in [4.69, 9.17) is 11.1 Å². The second-order valence-electron chi connectivity index (χ2n) is 5.86. The van der Waals surface area contributed by atoms with Gasteiger partial charge in [-0.3, -0.25) is 5.41 Å². The highest BCUT2D eigenvalue weighted by Crippen LogP contribution is 2.31. The maximum atomic E-state index is 14.0. The Morgan fingerprint density at radius 2 is 1.68 bits per heavy atom. The Morgan fingerprint density at radius 3 is 2.00 bits per heavy atom. The van der Waals surface area contributed by atoms with Crippen LogP contribution in [0, 0.1) is 22.5 Å². The Hall–Kier alpha value is -1.65. The van der Waals surface area contributed by atoms with Crippen LogP contribution in [-0.4, -0.2) is 18.9 Å². The Morgan fingerprint density at radius 1 is 1.26 bits per heavy atom. The smallest absolute Gasteiger partial charge is 0.150 e. The summed E-state index contributed by atoms with van der Waals surface area (Å²) in [5, 5.41) is 7.22. The van der Waals surface area contributed by atoms with Crippen molar-refractivity contribution in [1.82, 2.24) is 0 Å². The van der Waals surface area contributed by atoms with Crippen LogP contribution >= 0.6 is 0 Å². The lowest BCUT2D eigenvalue weighted by Gasteiger charge is -2.37. The highest BCUT2D eigenvalue weighted by molar-refractivity contribution is 5.95. The van der Waals surface area contributed by atoms with Gasteiger partial charge < -0.3 is 10.6 Å². The van der Waals surface area contributed by atoms with Gasteiger partial charge in [0.25, 0.3) is 0 Å². The summed E-state index contributed by atoms with van der Waals surface area (Å²) in [7, 11) is 1.66. The van der Waals surface area contributed by atoms with E-state index >= 15 is 0 Å². The van der Waals surface area contributed by atoms with E-state index in [0.717, 1.165) is 12.1 Å². The zero-order valence-electron chi connectivity index (χ0n) is 12.0. The lowest BCUT2D eigenvalue weighted by atomic mass is 9.87. The molecule has 0 amide bonds. The molecule has 0 fully saturated rings. The summed E-state index contributed by atoms with van der Waals surface area (Å²) in [4.78, 5) is 1.58. The van der Waals surface area contributed by atoms with Crippen LogP contribution in [0.25, 0.3) is 0 Å². The maximum absolute atomic E-state index is 14.0. The molecule has 0 aliphatic carbocycles. The zero-order valence-corrected chi connectivity index (χ0v) is 12.0. The molecule has 0 radical (unpaired) electrons. The van der Waals surface area contributed by atoms with E-state index in [1.54, 1.807) is 11.9 Å². The Kier molecular flexibility index (Phi) is 4.18. The quantitative estimate of drug-likeness (QED) is 0.654. The third-order valence-corrected chi connectivity index (χ3v) is 3.51. The summed E-state index contributed by atoms with van der Waals surface area (Å²) in [6.07, 6.45) is 0. The van der Waals surface area contributed by atoms with Crippen LogP contribution in [0.15, 0.2) is 12.1 Å². The van der Waals surface area contributed by atoms with Gasteiger partial charge in [0.2, 0.25) is 0 Å². The molecule has 1 atom stereocenters. The van der Waals surface area contributed by atoms with Crippen LogP contribution in [0.5, 0.6) is 0 Å². The molecule has 1 rings (SSSR count). The van der Waals surface area contributed by atoms with Crippen molar-refractivity contribution in [1.29, 1.82) is 5.41 Å². The first kappa shape index (κ1) is 15.4. The largest absolute Gasteiger partial charge is 0.384 e. The van der Waals surface area contributed by atoms with Crippen molar-refractivity contribution in [2.24, 2.45) is 11.1 Å². The second kappa shape index (κ2) is 5.15. The van der Waals surface area contributed by atoms with Crippen LogP contribution in [-0.2, 0) is 0 Å². The highest BCUT2D eigenvalue weighted by Gasteiger charge is 2.27. The number of nitrogens with two attached hydrogens (primary N) is 1. The summed E-state index contributed by atoms with van der Waals surface area (Å²) in [6.45, 7) is 7.94. The molecular formula is C14H21F2N3. The van der Waals surface area contributed by atoms with E-state index in [-0.39, 0.29) is 28.5 Å². The van der Waals surface area contributed by atoms with Gasteiger partial charge in [-0.05, 0) is 24.5 Å². The van der Waals surface area contributed by atoms with E-state index in [0.29, 0.717) is 0 Å². The van der Waals surface area contributed by atoms with Crippen molar-refractivity contribution in [2.45, 2.75) is 33.7 Å². The van der Waals surface area contributed by atoms with Crippen molar-refractivity contribution in [3.63, 3.8) is 0 Å². The van der Waals surface area contributed by atoms with Gasteiger partial charge in [-0.25, -0.2) is 8.78 Å². The molecule has 106 valence electrons. The fourth-order valence-corrected chi connectivity index (χ4v) is 1.83. The SMILES string of the molecule is CC(N(C)c1c(F)cc(C(=N)N)cc1F)C(C)(C)C. The van der Waals surface area contributed by atoms with Gasteiger partial charge in [0.15, 0.2) is 0 Å². The molecule has 5 heteroatoms. The number of anilines is 1. The zero-order chi connectivity index (χ0) is 15.0. The molecule has 0 aliphatic heterocycles. The van der Waals surface area contributed by atoms with Crippen molar-refractivity contribution < 1.29 is 8.78 Å². The molecule has 0 bridgehead atoms. The third kappa shape index (κ3) is 3.22. The summed E-state index contributed by atoms with van der Waals surface area (Å²) in [5.74, 6) is -1.76. The molecule has 0 spiro atoms. The topological polar surface area (TPSA) is 53.1 Å². The van der Waals surface area contributed by atoms with E-state index in [9.17, 15) is 8.78 Å². The minimum absolute atomic E-state index is 0.0514. The number of benzene rings is 1. The van der Waals surface area contributed by atoms with Gasteiger partial charge in [-0.2, -0.15) is 0 Å². The number of halogens is 2. The first-order valence-corrected chi connectivity index (χ1v) is 6.12. The van der Waals surface area contributed by atoms with Gasteiger partial charge in [0.05, 0.1) is 0 Å². The monoisotopic (exact) mass is 269 g/mol. The Labute approximate surface area is 112 Å². The number of amidine groups is 1. The minimum Gasteiger partial charge on any atom is -0.384 e. The van der Waals surface area contributed by atoms with Crippen molar-refractivity contribution >= 4 is 11.5 Å². The molecule has 1 unspecified atom stereocenters. The van der Waals surface area contributed by atoms with Crippen LogP contribution in [0.4, 0.5) is 14.5 Å². The first-order chi connectivity index (χ1) is 8.55. The number of hydrogen-bond acceptors (Lipinski definition) is 2. The molecular weight excluding hydrogens is 248 g/mol. The maximum Gasteiger partial charge on any atom is 0.150 e. The molecule has 0 heterocycles. The standard InChI is InChI=1S/C14H21F2N3/c1-8(14(2,3)4)19(5)12-10(15)6-9(13(17)18)7-11(12)16/h6-8H,1-5H3,(H3,17,18). The number of nitrogen functional groups attached to an aromatic ring is 1. The molecule has 3 nitrogen and oxygen atoms in total. The van der Waals surface area contributed by atoms with Crippen molar-refractivity contribution in [2.75, 3.05) is 11.9 Å². The fraction of sp³-hybridized carbons (Fsp3) is 0.500. The average molecular weight is 269 g/mol. The predicted molar refractivity (Wildman–Crippen MR) is 74.7 cm³/mol. The summed E-state index contributed by atoms with van der Waals surface area (Å²) < 4.78 is 28.1. The molecule has 0 aromatic heterocycles. The Balaban J connectivity index is 3.25. The van der Waals surface area contributed by atoms with E-state index in [2.05, 4.69) is 0 Å². The van der Waals surface area contributed by atoms with Crippen LogP contribution in [0.2, 0.25) is 0 Å². The lowest BCUT2D eigenvalue weighted by molar-refractivity contribution is 0.326. The second-order valence-corrected chi connectivity index (χ2v) is 5.86. The number of rotatable bonds is 3. The number of nitrogens with zero attached hydrogens (tertiary/aromatic N) is 1. The summed E-state index contributed by atoms with van der Waals surface area (Å²) in [6, 6.07) is 2.12. The first-order valence-electron chi connectivity index (χ1n) is 6.12. The summed E-state index contributed by atoms with van der Waals surface area (Å²) in [5.41, 5.74) is 5.09. The Bertz CT molecular complexity index is 469. The molecule has 0 saturated carbocycles. The van der Waals surface area contributed by atoms with Gasteiger partial charge >= 0.3 is 0 Å².